The van der Waals surface area contributed by atoms with Gasteiger partial charge < -0.3 is 0 Å². The molecule has 0 bridgehead atoms. The van der Waals surface area contributed by atoms with Crippen LogP contribution in [0.5, 0.6) is 0 Å². The van der Waals surface area contributed by atoms with Crippen molar-refractivity contribution in [2.45, 2.75) is 84.0 Å². The SMILES string of the molecule is CCCCC1=C(CCCC)C[C@H]2CC(C#N)(C#N)[C@H](c3cccs3)C[C@H]2C1. The lowest BCUT2D eigenvalue weighted by atomic mass is 9.56. The Kier molecular flexibility index (Phi) is 6.78. The summed E-state index contributed by atoms with van der Waals surface area (Å²) in [4.78, 5) is 1.23. The molecule has 3 rings (SSSR count). The maximum atomic E-state index is 10.00. The molecule has 1 saturated carbocycles. The lowest BCUT2D eigenvalue weighted by Gasteiger charge is -2.46. The maximum Gasteiger partial charge on any atom is 0.151 e. The quantitative estimate of drug-likeness (QED) is 0.464. The molecule has 0 amide bonds. The third-order valence-corrected chi connectivity index (χ3v) is 7.84. The summed E-state index contributed by atoms with van der Waals surface area (Å²) in [5, 5.41) is 22.1. The van der Waals surface area contributed by atoms with Crippen LogP contribution in [0.4, 0.5) is 0 Å². The van der Waals surface area contributed by atoms with Crippen molar-refractivity contribution in [3.63, 3.8) is 0 Å². The Morgan fingerprint density at radius 2 is 1.67 bits per heavy atom. The summed E-state index contributed by atoms with van der Waals surface area (Å²) in [5.41, 5.74) is 2.55. The van der Waals surface area contributed by atoms with Crippen molar-refractivity contribution in [1.82, 2.24) is 0 Å². The van der Waals surface area contributed by atoms with Crippen molar-refractivity contribution in [1.29, 1.82) is 10.5 Å². The van der Waals surface area contributed by atoms with Crippen molar-refractivity contribution in [3.05, 3.63) is 33.5 Å². The molecule has 144 valence electrons. The van der Waals surface area contributed by atoms with Gasteiger partial charge in [0.05, 0.1) is 12.1 Å². The third-order valence-electron chi connectivity index (χ3n) is 6.85. The van der Waals surface area contributed by atoms with E-state index in [-0.39, 0.29) is 5.92 Å². The standard InChI is InChI=1S/C24H32N2S/c1-3-5-8-18-12-20-14-22(23-10-7-11-27-23)24(16-25,17-26)15-21(20)13-19(18)9-6-4-2/h7,10-11,20-22H,3-6,8-9,12-15H2,1-2H3/t20-,21+,22+/m1/s1. The minimum absolute atomic E-state index is 0.0818. The average Bonchev–Trinajstić information content (AvgIpc) is 3.23. The molecule has 3 heteroatoms. The lowest BCUT2D eigenvalue weighted by Crippen LogP contribution is -2.40. The second-order valence-electron chi connectivity index (χ2n) is 8.55. The smallest absolute Gasteiger partial charge is 0.151 e. The first-order chi connectivity index (χ1) is 13.2. The second kappa shape index (κ2) is 9.07. The van der Waals surface area contributed by atoms with Gasteiger partial charge in [-0.05, 0) is 74.6 Å². The highest BCUT2D eigenvalue weighted by atomic mass is 32.1. The fourth-order valence-corrected chi connectivity index (χ4v) is 6.22. The zero-order valence-corrected chi connectivity index (χ0v) is 17.7. The summed E-state index contributed by atoms with van der Waals surface area (Å²) in [5.74, 6) is 1.24. The third kappa shape index (κ3) is 4.14. The summed E-state index contributed by atoms with van der Waals surface area (Å²) in [7, 11) is 0. The highest BCUT2D eigenvalue weighted by Gasteiger charge is 2.50. The van der Waals surface area contributed by atoms with Crippen LogP contribution in [0.15, 0.2) is 28.7 Å². The van der Waals surface area contributed by atoms with Gasteiger partial charge in [0.15, 0.2) is 5.41 Å². The number of hydrogen-bond acceptors (Lipinski definition) is 3. The Morgan fingerprint density at radius 3 is 2.19 bits per heavy atom. The van der Waals surface area contributed by atoms with E-state index in [1.807, 2.05) is 0 Å². The summed E-state index contributed by atoms with van der Waals surface area (Å²) >= 11 is 1.71. The van der Waals surface area contributed by atoms with Crippen LogP contribution in [0.2, 0.25) is 0 Å². The van der Waals surface area contributed by atoms with Crippen LogP contribution in [0.3, 0.4) is 0 Å². The number of hydrogen-bond donors (Lipinski definition) is 0. The van der Waals surface area contributed by atoms with Crippen LogP contribution in [0.1, 0.15) is 88.9 Å². The van der Waals surface area contributed by atoms with Gasteiger partial charge in [-0.2, -0.15) is 10.5 Å². The first kappa shape index (κ1) is 20.2. The molecule has 0 N–H and O–H groups in total. The zero-order valence-electron chi connectivity index (χ0n) is 16.8. The number of fused-ring (bicyclic) bond motifs is 1. The van der Waals surface area contributed by atoms with Crippen LogP contribution in [0, 0.1) is 39.9 Å². The fourth-order valence-electron chi connectivity index (χ4n) is 5.29. The van der Waals surface area contributed by atoms with E-state index in [9.17, 15) is 10.5 Å². The van der Waals surface area contributed by atoms with E-state index in [0.29, 0.717) is 11.8 Å². The van der Waals surface area contributed by atoms with Crippen LogP contribution < -0.4 is 0 Å². The Hall–Kier alpha value is -1.58. The average molecular weight is 381 g/mol. The van der Waals surface area contributed by atoms with E-state index in [1.165, 1.54) is 49.8 Å². The van der Waals surface area contributed by atoms with Gasteiger partial charge in [0.1, 0.15) is 0 Å². The minimum Gasteiger partial charge on any atom is -0.197 e. The highest BCUT2D eigenvalue weighted by molar-refractivity contribution is 7.10. The number of nitriles is 2. The normalized spacial score (nSPS) is 26.9. The molecule has 2 aliphatic carbocycles. The van der Waals surface area contributed by atoms with E-state index >= 15 is 0 Å². The molecule has 0 spiro atoms. The van der Waals surface area contributed by atoms with Crippen LogP contribution >= 0.6 is 11.3 Å². The Bertz CT molecular complexity index is 717. The molecule has 0 saturated heterocycles. The van der Waals surface area contributed by atoms with Crippen LogP contribution in [-0.4, -0.2) is 0 Å². The number of nitrogens with zero attached hydrogens (tertiary/aromatic N) is 2. The number of unbranched alkanes of at least 4 members (excludes halogenated alkanes) is 2. The van der Waals surface area contributed by atoms with Crippen LogP contribution in [0.25, 0.3) is 0 Å². The summed E-state index contributed by atoms with van der Waals surface area (Å²) in [6.45, 7) is 4.54. The summed E-state index contributed by atoms with van der Waals surface area (Å²) in [6.07, 6.45) is 11.6. The summed E-state index contributed by atoms with van der Waals surface area (Å²) in [6, 6.07) is 9.13. The van der Waals surface area contributed by atoms with E-state index in [4.69, 9.17) is 0 Å². The number of rotatable bonds is 7. The first-order valence-electron chi connectivity index (χ1n) is 10.7. The monoisotopic (exact) mass is 380 g/mol. The molecular weight excluding hydrogens is 348 g/mol. The molecule has 0 aliphatic heterocycles. The minimum atomic E-state index is -0.844. The van der Waals surface area contributed by atoms with Crippen molar-refractivity contribution in [2.75, 3.05) is 0 Å². The van der Waals surface area contributed by atoms with Gasteiger partial charge in [-0.1, -0.05) is 43.9 Å². The number of thiophene rings is 1. The molecule has 0 radical (unpaired) electrons. The molecule has 0 unspecified atom stereocenters. The molecule has 2 nitrogen and oxygen atoms in total. The van der Waals surface area contributed by atoms with Gasteiger partial charge in [-0.25, -0.2) is 0 Å². The van der Waals surface area contributed by atoms with E-state index in [0.717, 1.165) is 19.3 Å². The van der Waals surface area contributed by atoms with E-state index < -0.39 is 5.41 Å². The Labute approximate surface area is 168 Å². The highest BCUT2D eigenvalue weighted by Crippen LogP contribution is 2.56. The van der Waals surface area contributed by atoms with E-state index in [1.54, 1.807) is 22.5 Å². The predicted octanol–water partition coefficient (Wildman–Crippen LogP) is 7.36. The molecule has 1 heterocycles. The molecular formula is C24H32N2S. The van der Waals surface area contributed by atoms with Gasteiger partial charge >= 0.3 is 0 Å². The van der Waals surface area contributed by atoms with Crippen molar-refractivity contribution in [3.8, 4) is 12.1 Å². The topological polar surface area (TPSA) is 47.6 Å². The number of allylic oxidation sites excluding steroid dienone is 2. The zero-order chi connectivity index (χ0) is 19.3. The molecule has 2 aliphatic rings. The molecule has 1 fully saturated rings. The van der Waals surface area contributed by atoms with Crippen molar-refractivity contribution in [2.24, 2.45) is 17.3 Å². The van der Waals surface area contributed by atoms with Gasteiger partial charge in [-0.3, -0.25) is 0 Å². The Balaban J connectivity index is 1.88. The fraction of sp³-hybridized carbons (Fsp3) is 0.667. The molecule has 3 atom stereocenters. The van der Waals surface area contributed by atoms with Crippen LogP contribution in [-0.2, 0) is 0 Å². The van der Waals surface area contributed by atoms with Gasteiger partial charge in [0, 0.05) is 10.8 Å². The maximum absolute atomic E-state index is 10.00. The largest absolute Gasteiger partial charge is 0.197 e. The molecule has 1 aromatic rings. The predicted molar refractivity (Wildman–Crippen MR) is 112 cm³/mol. The lowest BCUT2D eigenvalue weighted by molar-refractivity contribution is 0.131. The molecule has 1 aromatic heterocycles. The van der Waals surface area contributed by atoms with Gasteiger partial charge in [0.25, 0.3) is 0 Å². The first-order valence-corrected chi connectivity index (χ1v) is 11.6. The van der Waals surface area contributed by atoms with Crippen molar-refractivity contribution >= 4 is 11.3 Å². The summed E-state index contributed by atoms with van der Waals surface area (Å²) < 4.78 is 0. The van der Waals surface area contributed by atoms with E-state index in [2.05, 4.69) is 43.5 Å². The molecule has 0 aromatic carbocycles. The second-order valence-corrected chi connectivity index (χ2v) is 9.52. The molecule has 27 heavy (non-hydrogen) atoms. The van der Waals surface area contributed by atoms with Gasteiger partial charge in [-0.15, -0.1) is 11.3 Å². The van der Waals surface area contributed by atoms with Gasteiger partial charge in [0.2, 0.25) is 0 Å². The van der Waals surface area contributed by atoms with Crippen molar-refractivity contribution < 1.29 is 0 Å². The Morgan fingerprint density at radius 1 is 1.04 bits per heavy atom.